The smallest absolute Gasteiger partial charge is 0.235 e. The molecule has 7 nitrogen and oxygen atoms in total. The summed E-state index contributed by atoms with van der Waals surface area (Å²) in [6.07, 6.45) is 2.86. The first-order valence-corrected chi connectivity index (χ1v) is 11.2. The van der Waals surface area contributed by atoms with Gasteiger partial charge >= 0.3 is 0 Å². The Bertz CT molecular complexity index is 953. The SMILES string of the molecule is O=C(Cc1cnoc1-c1ccccc1)Nc1ccc(C[P]2(O)OCCCO2)cc1. The first-order valence-electron chi connectivity index (χ1n) is 9.39. The van der Waals surface area contributed by atoms with Crippen molar-refractivity contribution < 1.29 is 23.3 Å². The van der Waals surface area contributed by atoms with Gasteiger partial charge in [0, 0.05) is 16.8 Å². The number of anilines is 1. The number of benzene rings is 2. The van der Waals surface area contributed by atoms with Crippen molar-refractivity contribution in [1.29, 1.82) is 0 Å². The Morgan fingerprint density at radius 1 is 1.07 bits per heavy atom. The number of nitrogens with one attached hydrogen (secondary N) is 1. The molecule has 1 saturated heterocycles. The quantitative estimate of drug-likeness (QED) is 0.588. The lowest BCUT2D eigenvalue weighted by molar-refractivity contribution is -0.115. The molecule has 1 radical (unpaired) electrons. The molecule has 1 fully saturated rings. The lowest BCUT2D eigenvalue weighted by atomic mass is 10.1. The van der Waals surface area contributed by atoms with Crippen molar-refractivity contribution in [3.05, 3.63) is 71.9 Å². The Hall–Kier alpha value is -2.57. The van der Waals surface area contributed by atoms with Gasteiger partial charge in [-0.1, -0.05) is 47.6 Å². The van der Waals surface area contributed by atoms with E-state index in [1.54, 1.807) is 18.3 Å². The maximum absolute atomic E-state index is 12.5. The summed E-state index contributed by atoms with van der Waals surface area (Å²) < 4.78 is 16.2. The van der Waals surface area contributed by atoms with Crippen LogP contribution in [0, 0.1) is 0 Å². The number of nitrogens with zero attached hydrogens (tertiary/aromatic N) is 1. The summed E-state index contributed by atoms with van der Waals surface area (Å²) in [7, 11) is -2.81. The second kappa shape index (κ2) is 8.84. The van der Waals surface area contributed by atoms with Gasteiger partial charge in [-0.25, -0.2) is 0 Å². The highest BCUT2D eigenvalue weighted by Gasteiger charge is 2.30. The van der Waals surface area contributed by atoms with Gasteiger partial charge in [0.15, 0.2) is 5.76 Å². The fraction of sp³-hybridized carbons (Fsp3) is 0.238. The minimum atomic E-state index is -2.81. The average Bonchev–Trinajstić information content (AvgIpc) is 3.18. The Balaban J connectivity index is 1.36. The molecule has 2 aromatic carbocycles. The molecule has 0 spiro atoms. The van der Waals surface area contributed by atoms with Crippen LogP contribution in [-0.4, -0.2) is 29.2 Å². The van der Waals surface area contributed by atoms with Gasteiger partial charge in [-0.3, -0.25) is 4.79 Å². The Morgan fingerprint density at radius 3 is 2.52 bits per heavy atom. The van der Waals surface area contributed by atoms with Crippen molar-refractivity contribution in [2.45, 2.75) is 19.0 Å². The van der Waals surface area contributed by atoms with E-state index in [2.05, 4.69) is 10.5 Å². The molecule has 29 heavy (non-hydrogen) atoms. The highest BCUT2D eigenvalue weighted by molar-refractivity contribution is 7.59. The molecule has 0 bridgehead atoms. The maximum atomic E-state index is 12.5. The van der Waals surface area contributed by atoms with E-state index >= 15 is 0 Å². The van der Waals surface area contributed by atoms with Crippen molar-refractivity contribution >= 4 is 19.5 Å². The van der Waals surface area contributed by atoms with E-state index in [-0.39, 0.29) is 12.3 Å². The molecule has 1 amide bonds. The minimum absolute atomic E-state index is 0.155. The number of hydrogen-bond acceptors (Lipinski definition) is 6. The Morgan fingerprint density at radius 2 is 1.79 bits per heavy atom. The van der Waals surface area contributed by atoms with Crippen molar-refractivity contribution in [2.75, 3.05) is 18.5 Å². The molecule has 3 aromatic rings. The monoisotopic (exact) mass is 413 g/mol. The average molecular weight is 413 g/mol. The fourth-order valence-corrected chi connectivity index (χ4v) is 4.88. The predicted molar refractivity (Wildman–Crippen MR) is 110 cm³/mol. The normalized spacial score (nSPS) is 15.8. The fourth-order valence-electron chi connectivity index (χ4n) is 3.12. The number of amides is 1. The summed E-state index contributed by atoms with van der Waals surface area (Å²) in [5.41, 5.74) is 3.17. The Kier molecular flexibility index (Phi) is 6.02. The summed E-state index contributed by atoms with van der Waals surface area (Å²) in [5.74, 6) is 0.434. The third kappa shape index (κ3) is 5.08. The zero-order valence-electron chi connectivity index (χ0n) is 15.8. The molecule has 1 aliphatic heterocycles. The van der Waals surface area contributed by atoms with Crippen LogP contribution in [-0.2, 0) is 26.4 Å². The Labute approximate surface area is 169 Å². The number of aromatic nitrogens is 1. The summed E-state index contributed by atoms with van der Waals surface area (Å²) >= 11 is 0. The maximum Gasteiger partial charge on any atom is 0.235 e. The molecule has 151 valence electrons. The van der Waals surface area contributed by atoms with Crippen molar-refractivity contribution in [3.63, 3.8) is 0 Å². The first-order chi connectivity index (χ1) is 14.1. The lowest BCUT2D eigenvalue weighted by Gasteiger charge is -2.32. The largest absolute Gasteiger partial charge is 0.356 e. The molecule has 2 N–H and O–H groups in total. The van der Waals surface area contributed by atoms with Crippen LogP contribution in [0.5, 0.6) is 0 Å². The number of carbonyl (C=O) groups is 1. The summed E-state index contributed by atoms with van der Waals surface area (Å²) in [6, 6.07) is 16.9. The van der Waals surface area contributed by atoms with E-state index in [0.29, 0.717) is 30.8 Å². The molecule has 0 saturated carbocycles. The van der Waals surface area contributed by atoms with Gasteiger partial charge in [0.1, 0.15) is 0 Å². The van der Waals surface area contributed by atoms with Crippen LogP contribution in [0.15, 0.2) is 65.3 Å². The highest BCUT2D eigenvalue weighted by Crippen LogP contribution is 2.61. The van der Waals surface area contributed by atoms with Crippen LogP contribution in [0.4, 0.5) is 5.69 Å². The van der Waals surface area contributed by atoms with E-state index in [4.69, 9.17) is 13.6 Å². The zero-order valence-corrected chi connectivity index (χ0v) is 16.7. The number of rotatable bonds is 6. The number of carbonyl (C=O) groups excluding carboxylic acids is 1. The van der Waals surface area contributed by atoms with Gasteiger partial charge in [-0.2, -0.15) is 0 Å². The van der Waals surface area contributed by atoms with Gasteiger partial charge in [0.2, 0.25) is 13.9 Å². The van der Waals surface area contributed by atoms with Gasteiger partial charge < -0.3 is 23.8 Å². The third-order valence-electron chi connectivity index (χ3n) is 4.53. The van der Waals surface area contributed by atoms with E-state index in [0.717, 1.165) is 23.1 Å². The van der Waals surface area contributed by atoms with Gasteiger partial charge in [0.05, 0.1) is 32.0 Å². The van der Waals surface area contributed by atoms with Crippen LogP contribution < -0.4 is 5.32 Å². The van der Waals surface area contributed by atoms with Crippen LogP contribution in [0.25, 0.3) is 11.3 Å². The van der Waals surface area contributed by atoms with E-state index in [9.17, 15) is 9.69 Å². The second-order valence-electron chi connectivity index (χ2n) is 6.78. The summed E-state index contributed by atoms with van der Waals surface area (Å²) in [5, 5.41) is 6.71. The van der Waals surface area contributed by atoms with Gasteiger partial charge in [-0.05, 0) is 24.1 Å². The molecular formula is C21H22N2O5P. The van der Waals surface area contributed by atoms with Gasteiger partial charge in [0.25, 0.3) is 0 Å². The van der Waals surface area contributed by atoms with Crippen LogP contribution in [0.2, 0.25) is 0 Å². The van der Waals surface area contributed by atoms with Crippen LogP contribution in [0.1, 0.15) is 17.5 Å². The highest BCUT2D eigenvalue weighted by atomic mass is 31.2. The first kappa shape index (κ1) is 19.7. The van der Waals surface area contributed by atoms with E-state index in [1.165, 1.54) is 0 Å². The molecule has 8 heteroatoms. The third-order valence-corrected chi connectivity index (χ3v) is 6.46. The number of hydrogen-bond donors (Lipinski definition) is 2. The van der Waals surface area contributed by atoms with Crippen LogP contribution in [0.3, 0.4) is 0 Å². The van der Waals surface area contributed by atoms with Gasteiger partial charge in [-0.15, -0.1) is 0 Å². The summed E-state index contributed by atoms with van der Waals surface area (Å²) in [4.78, 5) is 22.8. The zero-order chi connectivity index (χ0) is 20.1. The van der Waals surface area contributed by atoms with Crippen LogP contribution >= 0.6 is 7.94 Å². The van der Waals surface area contributed by atoms with Crippen molar-refractivity contribution in [3.8, 4) is 11.3 Å². The van der Waals surface area contributed by atoms with E-state index < -0.39 is 7.94 Å². The molecule has 4 rings (SSSR count). The molecule has 2 heterocycles. The molecule has 1 aliphatic rings. The van der Waals surface area contributed by atoms with Crippen molar-refractivity contribution in [2.24, 2.45) is 0 Å². The molecule has 0 aliphatic carbocycles. The summed E-state index contributed by atoms with van der Waals surface area (Å²) in [6.45, 7) is 1.04. The topological polar surface area (TPSA) is 93.8 Å². The second-order valence-corrected chi connectivity index (χ2v) is 8.89. The minimum Gasteiger partial charge on any atom is -0.356 e. The standard InChI is InChI=1S/C21H22N2O5P/c24-20(13-18-14-22-28-21(18)17-5-2-1-3-6-17)23-19-9-7-16(8-10-19)15-29(25)26-11-4-12-27-29/h1-3,5-10,14,25H,4,11-13,15H2,(H,23,24). The van der Waals surface area contributed by atoms with Crippen molar-refractivity contribution in [1.82, 2.24) is 5.16 Å². The molecule has 0 atom stereocenters. The predicted octanol–water partition coefficient (Wildman–Crippen LogP) is 4.21. The van der Waals surface area contributed by atoms with E-state index in [1.807, 2.05) is 42.5 Å². The molecule has 0 unspecified atom stereocenters. The molecular weight excluding hydrogens is 391 g/mol. The lowest BCUT2D eigenvalue weighted by Crippen LogP contribution is -2.15. The molecule has 1 aromatic heterocycles.